The molecule has 0 amide bonds. The van der Waals surface area contributed by atoms with E-state index in [2.05, 4.69) is 48.3 Å². The van der Waals surface area contributed by atoms with Crippen LogP contribution in [-0.4, -0.2) is 17.8 Å². The van der Waals surface area contributed by atoms with Crippen LogP contribution in [0.4, 0.5) is 0 Å². The summed E-state index contributed by atoms with van der Waals surface area (Å²) in [5, 5.41) is 13.3. The van der Waals surface area contributed by atoms with Crippen molar-refractivity contribution in [2.24, 2.45) is 0 Å². The van der Waals surface area contributed by atoms with E-state index >= 15 is 0 Å². The lowest BCUT2D eigenvalue weighted by Gasteiger charge is -2.24. The van der Waals surface area contributed by atoms with E-state index in [1.54, 1.807) is 0 Å². The number of aliphatic hydroxyl groups excluding tert-OH is 1. The largest absolute Gasteiger partial charge is 0.394 e. The molecule has 0 aliphatic rings. The molecule has 116 valence electrons. The molecule has 0 saturated carbocycles. The maximum absolute atomic E-state index is 9.69. The van der Waals surface area contributed by atoms with Crippen LogP contribution in [0.5, 0.6) is 0 Å². The fourth-order valence-electron chi connectivity index (χ4n) is 2.68. The maximum atomic E-state index is 9.69. The number of nitrogens with one attached hydrogen (secondary N) is 1. The van der Waals surface area contributed by atoms with Crippen molar-refractivity contribution < 1.29 is 5.11 Å². The minimum atomic E-state index is -0.0260. The van der Waals surface area contributed by atoms with Gasteiger partial charge in [-0.05, 0) is 30.4 Å². The summed E-state index contributed by atoms with van der Waals surface area (Å²) in [5.41, 5.74) is 2.47. The van der Waals surface area contributed by atoms with Gasteiger partial charge in [0.05, 0.1) is 12.6 Å². The summed E-state index contributed by atoms with van der Waals surface area (Å²) < 4.78 is 0. The van der Waals surface area contributed by atoms with Gasteiger partial charge in [0, 0.05) is 6.04 Å². The van der Waals surface area contributed by atoms with E-state index in [-0.39, 0.29) is 12.6 Å². The van der Waals surface area contributed by atoms with Crippen LogP contribution in [0.25, 0.3) is 0 Å². The molecule has 0 spiro atoms. The Balaban J connectivity index is 1.96. The Kier molecular flexibility index (Phi) is 6.88. The number of hydrogen-bond donors (Lipinski definition) is 2. The van der Waals surface area contributed by atoms with E-state index in [1.807, 2.05) is 30.3 Å². The monoisotopic (exact) mass is 295 g/mol. The third-order valence-electron chi connectivity index (χ3n) is 3.90. The summed E-state index contributed by atoms with van der Waals surface area (Å²) in [7, 11) is 0. The molecule has 0 unspecified atom stereocenters. The molecule has 2 N–H and O–H groups in total. The molecule has 0 bridgehead atoms. The Hall–Kier alpha value is -1.90. The molecule has 2 aromatic carbocycles. The fourth-order valence-corrected chi connectivity index (χ4v) is 2.68. The van der Waals surface area contributed by atoms with Crippen molar-refractivity contribution in [2.45, 2.75) is 31.3 Å². The molecule has 2 heteroatoms. The van der Waals surface area contributed by atoms with Gasteiger partial charge in [0.1, 0.15) is 0 Å². The van der Waals surface area contributed by atoms with Gasteiger partial charge in [-0.3, -0.25) is 0 Å². The van der Waals surface area contributed by atoms with Gasteiger partial charge in [0.25, 0.3) is 0 Å². The maximum Gasteiger partial charge on any atom is 0.0626 e. The molecule has 2 atom stereocenters. The number of aliphatic hydroxyl groups is 1. The van der Waals surface area contributed by atoms with Crippen LogP contribution in [0.3, 0.4) is 0 Å². The van der Waals surface area contributed by atoms with Crippen molar-refractivity contribution in [3.05, 3.63) is 84.4 Å². The van der Waals surface area contributed by atoms with E-state index in [1.165, 1.54) is 5.56 Å². The molecule has 2 aromatic rings. The van der Waals surface area contributed by atoms with Crippen molar-refractivity contribution >= 4 is 0 Å². The number of aryl methyl sites for hydroxylation is 1. The molecule has 2 rings (SSSR count). The van der Waals surface area contributed by atoms with Crippen LogP contribution in [0.2, 0.25) is 0 Å². The highest BCUT2D eigenvalue weighted by molar-refractivity contribution is 5.19. The number of benzene rings is 2. The zero-order valence-corrected chi connectivity index (χ0v) is 13.0. The molecular formula is C20H25NO. The molecule has 22 heavy (non-hydrogen) atoms. The molecule has 0 aliphatic carbocycles. The minimum Gasteiger partial charge on any atom is -0.394 e. The summed E-state index contributed by atoms with van der Waals surface area (Å²) in [6, 6.07) is 20.9. The fraction of sp³-hybridized carbons (Fsp3) is 0.300. The highest BCUT2D eigenvalue weighted by Gasteiger charge is 2.15. The second kappa shape index (κ2) is 9.19. The Morgan fingerprint density at radius 1 is 1.00 bits per heavy atom. The first-order valence-electron chi connectivity index (χ1n) is 7.90. The topological polar surface area (TPSA) is 32.3 Å². The second-order valence-electron chi connectivity index (χ2n) is 5.56. The third-order valence-corrected chi connectivity index (χ3v) is 3.90. The van der Waals surface area contributed by atoms with Crippen LogP contribution >= 0.6 is 0 Å². The highest BCUT2D eigenvalue weighted by atomic mass is 16.3. The van der Waals surface area contributed by atoms with Gasteiger partial charge in [-0.25, -0.2) is 0 Å². The molecule has 0 aliphatic heterocycles. The van der Waals surface area contributed by atoms with Crippen LogP contribution < -0.4 is 5.32 Å². The Morgan fingerprint density at radius 2 is 1.64 bits per heavy atom. The average Bonchev–Trinajstić information content (AvgIpc) is 2.59. The predicted octanol–water partition coefficient (Wildman–Crippen LogP) is 3.89. The SMILES string of the molecule is C=CC[C@H](CCc1ccccc1)N[C@@H](CO)c1ccccc1. The zero-order chi connectivity index (χ0) is 15.6. The second-order valence-corrected chi connectivity index (χ2v) is 5.56. The molecular weight excluding hydrogens is 270 g/mol. The first-order valence-corrected chi connectivity index (χ1v) is 7.90. The molecule has 0 saturated heterocycles. The van der Waals surface area contributed by atoms with Crippen molar-refractivity contribution in [2.75, 3.05) is 6.61 Å². The smallest absolute Gasteiger partial charge is 0.0626 e. The quantitative estimate of drug-likeness (QED) is 0.688. The lowest BCUT2D eigenvalue weighted by atomic mass is 10.0. The third kappa shape index (κ3) is 5.14. The van der Waals surface area contributed by atoms with Gasteiger partial charge in [0.2, 0.25) is 0 Å². The van der Waals surface area contributed by atoms with Crippen LogP contribution in [0.1, 0.15) is 30.0 Å². The van der Waals surface area contributed by atoms with Crippen molar-refractivity contribution in [1.82, 2.24) is 5.32 Å². The Labute approximate surface area is 133 Å². The standard InChI is InChI=1S/C20H25NO/c1-2-9-19(15-14-17-10-5-3-6-11-17)21-20(16-22)18-12-7-4-8-13-18/h2-8,10-13,19-22H,1,9,14-16H2/t19-,20+/m1/s1. The number of hydrogen-bond acceptors (Lipinski definition) is 2. The van der Waals surface area contributed by atoms with Crippen LogP contribution in [0.15, 0.2) is 73.3 Å². The molecule has 0 aromatic heterocycles. The normalized spacial score (nSPS) is 13.5. The van der Waals surface area contributed by atoms with Gasteiger partial charge in [-0.1, -0.05) is 66.7 Å². The summed E-state index contributed by atoms with van der Waals surface area (Å²) in [4.78, 5) is 0. The lowest BCUT2D eigenvalue weighted by molar-refractivity contribution is 0.230. The van der Waals surface area contributed by atoms with Gasteiger partial charge < -0.3 is 10.4 Å². The lowest BCUT2D eigenvalue weighted by Crippen LogP contribution is -2.34. The zero-order valence-electron chi connectivity index (χ0n) is 13.0. The molecule has 2 nitrogen and oxygen atoms in total. The van der Waals surface area contributed by atoms with E-state index in [9.17, 15) is 5.11 Å². The van der Waals surface area contributed by atoms with Gasteiger partial charge in [-0.15, -0.1) is 6.58 Å². The summed E-state index contributed by atoms with van der Waals surface area (Å²) in [6.45, 7) is 3.96. The van der Waals surface area contributed by atoms with Gasteiger partial charge in [0.15, 0.2) is 0 Å². The predicted molar refractivity (Wildman–Crippen MR) is 92.8 cm³/mol. The first kappa shape index (κ1) is 16.5. The van der Waals surface area contributed by atoms with Crippen LogP contribution in [-0.2, 0) is 6.42 Å². The van der Waals surface area contributed by atoms with E-state index in [4.69, 9.17) is 0 Å². The van der Waals surface area contributed by atoms with Crippen molar-refractivity contribution in [3.63, 3.8) is 0 Å². The van der Waals surface area contributed by atoms with Crippen LogP contribution in [0, 0.1) is 0 Å². The summed E-state index contributed by atoms with van der Waals surface area (Å²) in [6.07, 6.45) is 4.90. The van der Waals surface area contributed by atoms with E-state index in [0.29, 0.717) is 6.04 Å². The first-order chi connectivity index (χ1) is 10.8. The van der Waals surface area contributed by atoms with E-state index < -0.39 is 0 Å². The molecule has 0 radical (unpaired) electrons. The minimum absolute atomic E-state index is 0.0260. The average molecular weight is 295 g/mol. The van der Waals surface area contributed by atoms with Gasteiger partial charge in [-0.2, -0.15) is 0 Å². The van der Waals surface area contributed by atoms with Gasteiger partial charge >= 0.3 is 0 Å². The van der Waals surface area contributed by atoms with E-state index in [0.717, 1.165) is 24.8 Å². The van der Waals surface area contributed by atoms with Crippen molar-refractivity contribution in [3.8, 4) is 0 Å². The molecule has 0 heterocycles. The summed E-state index contributed by atoms with van der Waals surface area (Å²) in [5.74, 6) is 0. The Bertz CT molecular complexity index is 538. The Morgan fingerprint density at radius 3 is 2.23 bits per heavy atom. The van der Waals surface area contributed by atoms with Crippen molar-refractivity contribution in [1.29, 1.82) is 0 Å². The number of rotatable bonds is 9. The molecule has 0 fully saturated rings. The summed E-state index contributed by atoms with van der Waals surface area (Å²) >= 11 is 0. The highest BCUT2D eigenvalue weighted by Crippen LogP contribution is 2.16.